The van der Waals surface area contributed by atoms with E-state index >= 15 is 0 Å². The van der Waals surface area contributed by atoms with E-state index < -0.39 is 5.97 Å². The van der Waals surface area contributed by atoms with Crippen molar-refractivity contribution in [3.8, 4) is 0 Å². The van der Waals surface area contributed by atoms with Gasteiger partial charge in [-0.25, -0.2) is 14.5 Å². The Morgan fingerprint density at radius 1 is 1.37 bits per heavy atom. The molecule has 0 aliphatic rings. The summed E-state index contributed by atoms with van der Waals surface area (Å²) in [6.07, 6.45) is 2.53. The van der Waals surface area contributed by atoms with Crippen LogP contribution in [0.25, 0.3) is 0 Å². The number of ether oxygens (including phenoxy) is 1. The third kappa shape index (κ3) is 4.51. The second kappa shape index (κ2) is 8.76. The summed E-state index contributed by atoms with van der Waals surface area (Å²) in [5, 5.41) is 15.9. The maximum atomic E-state index is 12.5. The molecule has 0 spiro atoms. The van der Waals surface area contributed by atoms with Gasteiger partial charge in [0.05, 0.1) is 11.3 Å². The van der Waals surface area contributed by atoms with Crippen LogP contribution in [0.5, 0.6) is 0 Å². The van der Waals surface area contributed by atoms with Crippen molar-refractivity contribution in [3.05, 3.63) is 46.7 Å². The first-order valence-electron chi connectivity index (χ1n) is 8.51. The SMILES string of the molecule is CCCn1nnnc1COC(=O)c1cccnc1SCc1c(C)noc1C. The summed E-state index contributed by atoms with van der Waals surface area (Å²) in [5.74, 6) is 1.42. The number of pyridine rings is 1. The van der Waals surface area contributed by atoms with Crippen molar-refractivity contribution < 1.29 is 14.1 Å². The van der Waals surface area contributed by atoms with Crippen LogP contribution in [0, 0.1) is 13.8 Å². The molecule has 142 valence electrons. The Labute approximate surface area is 160 Å². The Hall–Kier alpha value is -2.75. The largest absolute Gasteiger partial charge is 0.454 e. The molecule has 0 saturated heterocycles. The molecule has 0 saturated carbocycles. The van der Waals surface area contributed by atoms with E-state index in [9.17, 15) is 4.79 Å². The van der Waals surface area contributed by atoms with Crippen molar-refractivity contribution >= 4 is 17.7 Å². The first kappa shape index (κ1) is 19.0. The van der Waals surface area contributed by atoms with Crippen LogP contribution >= 0.6 is 11.8 Å². The second-order valence-electron chi connectivity index (χ2n) is 5.84. The van der Waals surface area contributed by atoms with E-state index in [0.717, 1.165) is 23.4 Å². The summed E-state index contributed by atoms with van der Waals surface area (Å²) < 4.78 is 12.2. The molecule has 3 heterocycles. The molecule has 0 bridgehead atoms. The number of thioether (sulfide) groups is 1. The molecule has 0 aromatic carbocycles. The number of hydrogen-bond donors (Lipinski definition) is 0. The molecule has 10 heteroatoms. The van der Waals surface area contributed by atoms with Crippen LogP contribution in [0.2, 0.25) is 0 Å². The predicted molar refractivity (Wildman–Crippen MR) is 97.0 cm³/mol. The number of aromatic nitrogens is 6. The predicted octanol–water partition coefficient (Wildman–Crippen LogP) is 2.73. The van der Waals surface area contributed by atoms with Crippen molar-refractivity contribution in [2.75, 3.05) is 0 Å². The summed E-state index contributed by atoms with van der Waals surface area (Å²) in [6, 6.07) is 3.40. The summed E-state index contributed by atoms with van der Waals surface area (Å²) in [5.41, 5.74) is 2.25. The Balaban J connectivity index is 1.67. The molecule has 0 fully saturated rings. The first-order valence-corrected chi connectivity index (χ1v) is 9.50. The zero-order valence-corrected chi connectivity index (χ0v) is 16.2. The molecule has 9 nitrogen and oxygen atoms in total. The molecule has 0 unspecified atom stereocenters. The Morgan fingerprint density at radius 2 is 2.22 bits per heavy atom. The van der Waals surface area contributed by atoms with Crippen molar-refractivity contribution in [2.24, 2.45) is 0 Å². The van der Waals surface area contributed by atoms with Gasteiger partial charge in [0.1, 0.15) is 10.8 Å². The second-order valence-corrected chi connectivity index (χ2v) is 6.81. The fraction of sp³-hybridized carbons (Fsp3) is 0.412. The van der Waals surface area contributed by atoms with Crippen molar-refractivity contribution in [1.82, 2.24) is 30.3 Å². The summed E-state index contributed by atoms with van der Waals surface area (Å²) in [7, 11) is 0. The standard InChI is InChI=1S/C17H20N6O3S/c1-4-8-23-15(19-21-22-23)9-25-17(24)13-6-5-7-18-16(13)27-10-14-11(2)20-26-12(14)3/h5-7H,4,8-10H2,1-3H3. The van der Waals surface area contributed by atoms with Crippen LogP contribution < -0.4 is 0 Å². The van der Waals surface area contributed by atoms with Gasteiger partial charge in [0.25, 0.3) is 0 Å². The molecule has 0 atom stereocenters. The Morgan fingerprint density at radius 3 is 2.96 bits per heavy atom. The third-order valence-electron chi connectivity index (χ3n) is 3.90. The van der Waals surface area contributed by atoms with Gasteiger partial charge in [-0.05, 0) is 42.8 Å². The number of carbonyl (C=O) groups excluding carboxylic acids is 1. The van der Waals surface area contributed by atoms with Gasteiger partial charge in [0.2, 0.25) is 0 Å². The fourth-order valence-corrected chi connectivity index (χ4v) is 3.57. The van der Waals surface area contributed by atoms with Gasteiger partial charge in [0, 0.05) is 24.1 Å². The molecule has 0 N–H and O–H groups in total. The molecule has 0 aliphatic heterocycles. The van der Waals surface area contributed by atoms with E-state index in [-0.39, 0.29) is 6.61 Å². The third-order valence-corrected chi connectivity index (χ3v) is 4.93. The molecule has 3 aromatic rings. The van der Waals surface area contributed by atoms with E-state index in [0.29, 0.717) is 28.7 Å². The van der Waals surface area contributed by atoms with E-state index in [1.165, 1.54) is 11.8 Å². The molecular formula is C17H20N6O3S. The van der Waals surface area contributed by atoms with Gasteiger partial charge in [-0.15, -0.1) is 16.9 Å². The first-order chi connectivity index (χ1) is 13.1. The van der Waals surface area contributed by atoms with Crippen LogP contribution in [0.4, 0.5) is 0 Å². The normalized spacial score (nSPS) is 10.9. The quantitative estimate of drug-likeness (QED) is 0.425. The number of hydrogen-bond acceptors (Lipinski definition) is 9. The zero-order valence-electron chi connectivity index (χ0n) is 15.4. The van der Waals surface area contributed by atoms with E-state index in [1.54, 1.807) is 23.0 Å². The topological polar surface area (TPSA) is 109 Å². The van der Waals surface area contributed by atoms with Gasteiger partial charge in [-0.1, -0.05) is 12.1 Å². The van der Waals surface area contributed by atoms with Crippen LogP contribution in [0.1, 0.15) is 46.5 Å². The monoisotopic (exact) mass is 388 g/mol. The van der Waals surface area contributed by atoms with Gasteiger partial charge < -0.3 is 9.26 Å². The van der Waals surface area contributed by atoms with Gasteiger partial charge in [-0.2, -0.15) is 0 Å². The summed E-state index contributed by atoms with van der Waals surface area (Å²) in [6.45, 7) is 6.46. The van der Waals surface area contributed by atoms with Crippen molar-refractivity contribution in [2.45, 2.75) is 51.1 Å². The summed E-state index contributed by atoms with van der Waals surface area (Å²) in [4.78, 5) is 16.9. The number of rotatable bonds is 8. The number of esters is 1. The van der Waals surface area contributed by atoms with E-state index in [4.69, 9.17) is 9.26 Å². The van der Waals surface area contributed by atoms with Gasteiger partial charge in [-0.3, -0.25) is 0 Å². The number of nitrogens with zero attached hydrogens (tertiary/aromatic N) is 6. The molecule has 0 amide bonds. The van der Waals surface area contributed by atoms with Crippen LogP contribution in [0.3, 0.4) is 0 Å². The van der Waals surface area contributed by atoms with E-state index in [1.807, 2.05) is 20.8 Å². The van der Waals surface area contributed by atoms with Crippen molar-refractivity contribution in [1.29, 1.82) is 0 Å². The summed E-state index contributed by atoms with van der Waals surface area (Å²) >= 11 is 1.44. The molecule has 0 radical (unpaired) electrons. The van der Waals surface area contributed by atoms with Crippen LogP contribution in [0.15, 0.2) is 27.9 Å². The van der Waals surface area contributed by atoms with Gasteiger partial charge >= 0.3 is 5.97 Å². The average Bonchev–Trinajstić information content (AvgIpc) is 3.25. The highest BCUT2D eigenvalue weighted by atomic mass is 32.2. The maximum absolute atomic E-state index is 12.5. The highest BCUT2D eigenvalue weighted by Gasteiger charge is 2.18. The van der Waals surface area contributed by atoms with Crippen LogP contribution in [-0.4, -0.2) is 36.3 Å². The highest BCUT2D eigenvalue weighted by molar-refractivity contribution is 7.98. The Kier molecular flexibility index (Phi) is 6.17. The fourth-order valence-electron chi connectivity index (χ4n) is 2.43. The molecule has 3 aromatic heterocycles. The van der Waals surface area contributed by atoms with Gasteiger partial charge in [0.15, 0.2) is 12.4 Å². The molecular weight excluding hydrogens is 368 g/mol. The molecule has 0 aliphatic carbocycles. The minimum Gasteiger partial charge on any atom is -0.454 e. The zero-order chi connectivity index (χ0) is 19.2. The molecule has 27 heavy (non-hydrogen) atoms. The van der Waals surface area contributed by atoms with Crippen LogP contribution in [-0.2, 0) is 23.6 Å². The number of carbonyl (C=O) groups is 1. The maximum Gasteiger partial charge on any atom is 0.341 e. The van der Waals surface area contributed by atoms with E-state index in [2.05, 4.69) is 25.7 Å². The average molecular weight is 388 g/mol. The lowest BCUT2D eigenvalue weighted by molar-refractivity contribution is 0.0451. The number of tetrazole rings is 1. The highest BCUT2D eigenvalue weighted by Crippen LogP contribution is 2.27. The lowest BCUT2D eigenvalue weighted by atomic mass is 10.2. The lowest BCUT2D eigenvalue weighted by Gasteiger charge is -2.08. The van der Waals surface area contributed by atoms with Crippen molar-refractivity contribution in [3.63, 3.8) is 0 Å². The minimum absolute atomic E-state index is 0.00863. The molecule has 3 rings (SSSR count). The smallest absolute Gasteiger partial charge is 0.341 e. The minimum atomic E-state index is -0.463. The Bertz CT molecular complexity index is 904. The lowest BCUT2D eigenvalue weighted by Crippen LogP contribution is -2.12. The number of aryl methyl sites for hydroxylation is 3.